The largest absolute Gasteiger partial charge is 0.573 e. The Morgan fingerprint density at radius 3 is 2.21 bits per heavy atom. The van der Waals surface area contributed by atoms with Crippen LogP contribution in [0, 0.1) is 5.21 Å². The molecule has 11 heteroatoms. The highest BCUT2D eigenvalue weighted by atomic mass is 19.4. The fourth-order valence-electron chi connectivity index (χ4n) is 2.43. The Kier molecular flexibility index (Phi) is 5.55. The molecule has 1 atom stereocenters. The number of nitrogens with one attached hydrogen (secondary N) is 2. The van der Waals surface area contributed by atoms with Crippen molar-refractivity contribution >= 4 is 17.2 Å². The number of ether oxygens (including phenoxy) is 1. The van der Waals surface area contributed by atoms with Gasteiger partial charge in [-0.15, -0.1) is 18.1 Å². The first-order valence-corrected chi connectivity index (χ1v) is 8.21. The highest BCUT2D eigenvalue weighted by molar-refractivity contribution is 5.67. The molecule has 29 heavy (non-hydrogen) atoms. The molecule has 0 spiro atoms. The third kappa shape index (κ3) is 6.31. The van der Waals surface area contributed by atoms with E-state index in [4.69, 9.17) is 0 Å². The van der Waals surface area contributed by atoms with E-state index in [9.17, 15) is 23.6 Å². The molecule has 0 bridgehead atoms. The Hall–Kier alpha value is -3.41. The third-order valence-electron chi connectivity index (χ3n) is 3.54. The van der Waals surface area contributed by atoms with E-state index in [1.165, 1.54) is 30.6 Å². The van der Waals surface area contributed by atoms with Crippen molar-refractivity contribution in [1.82, 2.24) is 9.97 Å². The van der Waals surface area contributed by atoms with Gasteiger partial charge in [0.25, 0.3) is 0 Å². The van der Waals surface area contributed by atoms with Crippen LogP contribution < -0.4 is 15.5 Å². The van der Waals surface area contributed by atoms with Crippen molar-refractivity contribution < 1.29 is 28.0 Å². The third-order valence-corrected chi connectivity index (χ3v) is 3.54. The summed E-state index contributed by atoms with van der Waals surface area (Å²) in [5.74, 6) is 0.108. The predicted molar refractivity (Wildman–Crippen MR) is 98.8 cm³/mol. The van der Waals surface area contributed by atoms with Gasteiger partial charge in [0.2, 0.25) is 0 Å². The van der Waals surface area contributed by atoms with Crippen molar-refractivity contribution in [2.24, 2.45) is 0 Å². The first kappa shape index (κ1) is 20.3. The SMILES string of the molecule is C[N+]([O-])(O)Nc1ccc(-c2cc(Nc3ccc(OC(F)(F)F)cc3)ncn2)cc1. The number of halogens is 3. The maximum atomic E-state index is 12.2. The molecule has 3 N–H and O–H groups in total. The molecule has 0 amide bonds. The first-order chi connectivity index (χ1) is 13.6. The molecule has 0 saturated heterocycles. The Morgan fingerprint density at radius 2 is 1.62 bits per heavy atom. The van der Waals surface area contributed by atoms with Gasteiger partial charge in [0.15, 0.2) is 0 Å². The zero-order valence-corrected chi connectivity index (χ0v) is 15.0. The van der Waals surface area contributed by atoms with E-state index in [1.807, 2.05) is 0 Å². The number of anilines is 3. The van der Waals surface area contributed by atoms with Crippen molar-refractivity contribution in [3.63, 3.8) is 0 Å². The number of nitrogens with zero attached hydrogens (tertiary/aromatic N) is 3. The molecule has 2 aromatic carbocycles. The Morgan fingerprint density at radius 1 is 1.00 bits per heavy atom. The van der Waals surface area contributed by atoms with Crippen LogP contribution in [0.1, 0.15) is 0 Å². The lowest BCUT2D eigenvalue weighted by atomic mass is 10.1. The van der Waals surface area contributed by atoms with Crippen molar-refractivity contribution in [2.75, 3.05) is 17.8 Å². The summed E-state index contributed by atoms with van der Waals surface area (Å²) >= 11 is 0. The molecule has 0 aliphatic carbocycles. The minimum absolute atomic E-state index is 0.323. The lowest BCUT2D eigenvalue weighted by Crippen LogP contribution is -2.39. The standard InChI is InChI=1S/C18H16F3N5O3/c1-26(27,28)25-14-4-2-12(3-5-14)16-10-17(23-11-22-16)24-13-6-8-15(9-7-13)29-18(19,20)21/h2-11,25,27H,1H3,(H,22,23,24). The summed E-state index contributed by atoms with van der Waals surface area (Å²) in [5, 5.41) is 23.4. The molecule has 0 aliphatic rings. The quantitative estimate of drug-likeness (QED) is 0.410. The van der Waals surface area contributed by atoms with Crippen molar-refractivity contribution in [2.45, 2.75) is 6.36 Å². The van der Waals surface area contributed by atoms with Crippen LogP contribution in [0.4, 0.5) is 30.4 Å². The van der Waals surface area contributed by atoms with Gasteiger partial charge in [0.05, 0.1) is 11.4 Å². The fraction of sp³-hybridized carbons (Fsp3) is 0.111. The van der Waals surface area contributed by atoms with E-state index in [1.54, 1.807) is 30.3 Å². The van der Waals surface area contributed by atoms with E-state index >= 15 is 0 Å². The molecule has 0 fully saturated rings. The van der Waals surface area contributed by atoms with E-state index in [2.05, 4.69) is 25.4 Å². The minimum atomic E-state index is -4.75. The summed E-state index contributed by atoms with van der Waals surface area (Å²) in [4.78, 5) is 6.60. The summed E-state index contributed by atoms with van der Waals surface area (Å²) in [5.41, 5.74) is 4.57. The molecule has 1 unspecified atom stereocenters. The normalized spacial score (nSPS) is 13.4. The molecule has 152 valence electrons. The van der Waals surface area contributed by atoms with E-state index in [0.717, 1.165) is 12.6 Å². The van der Waals surface area contributed by atoms with E-state index in [0.29, 0.717) is 22.9 Å². The second-order valence-electron chi connectivity index (χ2n) is 6.05. The smallest absolute Gasteiger partial charge is 0.573 e. The molecular formula is C18H16F3N5O3. The number of alkyl halides is 3. The van der Waals surface area contributed by atoms with Crippen LogP contribution in [0.3, 0.4) is 0 Å². The topological polar surface area (TPSA) is 102 Å². The zero-order chi connectivity index (χ0) is 21.1. The van der Waals surface area contributed by atoms with E-state index in [-0.39, 0.29) is 5.75 Å². The molecule has 1 aromatic heterocycles. The summed E-state index contributed by atoms with van der Waals surface area (Å²) < 4.78 is 40.5. The van der Waals surface area contributed by atoms with Crippen molar-refractivity contribution in [1.29, 1.82) is 0 Å². The highest BCUT2D eigenvalue weighted by Crippen LogP contribution is 2.26. The van der Waals surface area contributed by atoms with Crippen LogP contribution in [0.5, 0.6) is 5.75 Å². The molecule has 0 saturated carbocycles. The van der Waals surface area contributed by atoms with Crippen LogP contribution in [0.25, 0.3) is 11.3 Å². The van der Waals surface area contributed by atoms with Crippen molar-refractivity contribution in [3.8, 4) is 17.0 Å². The predicted octanol–water partition coefficient (Wildman–Crippen LogP) is 4.45. The zero-order valence-electron chi connectivity index (χ0n) is 15.0. The Bertz CT molecular complexity index is 958. The Labute approximate surface area is 163 Å². The van der Waals surface area contributed by atoms with Gasteiger partial charge in [0, 0.05) is 17.3 Å². The average Bonchev–Trinajstić information content (AvgIpc) is 2.62. The molecule has 0 aliphatic heterocycles. The molecular weight excluding hydrogens is 391 g/mol. The second kappa shape index (κ2) is 7.91. The minimum Gasteiger partial charge on any atom is -0.573 e. The van der Waals surface area contributed by atoms with Crippen LogP contribution in [-0.4, -0.2) is 33.5 Å². The monoisotopic (exact) mass is 407 g/mol. The van der Waals surface area contributed by atoms with Gasteiger partial charge in [-0.25, -0.2) is 15.4 Å². The van der Waals surface area contributed by atoms with Gasteiger partial charge in [-0.3, -0.25) is 0 Å². The molecule has 0 radical (unpaired) electrons. The molecule has 8 nitrogen and oxygen atoms in total. The highest BCUT2D eigenvalue weighted by Gasteiger charge is 2.30. The van der Waals surface area contributed by atoms with Gasteiger partial charge in [-0.2, -0.15) is 5.21 Å². The first-order valence-electron chi connectivity index (χ1n) is 8.21. The van der Waals surface area contributed by atoms with Gasteiger partial charge >= 0.3 is 6.36 Å². The maximum Gasteiger partial charge on any atom is 0.573 e. The number of benzene rings is 2. The summed E-state index contributed by atoms with van der Waals surface area (Å²) in [6, 6.07) is 13.5. The van der Waals surface area contributed by atoms with Gasteiger partial charge in [-0.1, -0.05) is 12.1 Å². The van der Waals surface area contributed by atoms with Gasteiger partial charge < -0.3 is 15.3 Å². The number of hydroxylamine groups is 2. The van der Waals surface area contributed by atoms with Crippen LogP contribution in [0.15, 0.2) is 60.9 Å². The van der Waals surface area contributed by atoms with Crippen LogP contribution in [0.2, 0.25) is 0 Å². The second-order valence-corrected chi connectivity index (χ2v) is 6.05. The molecule has 1 heterocycles. The number of aromatic nitrogens is 2. The number of rotatable bonds is 6. The number of hydrogen-bond donors (Lipinski definition) is 3. The maximum absolute atomic E-state index is 12.2. The van der Waals surface area contributed by atoms with Crippen LogP contribution in [-0.2, 0) is 0 Å². The summed E-state index contributed by atoms with van der Waals surface area (Å²) in [6.45, 7) is 0. The van der Waals surface area contributed by atoms with Crippen LogP contribution >= 0.6 is 0 Å². The summed E-state index contributed by atoms with van der Waals surface area (Å²) in [6.07, 6.45) is -3.41. The summed E-state index contributed by atoms with van der Waals surface area (Å²) in [7, 11) is 1.03. The lowest BCUT2D eigenvalue weighted by Gasteiger charge is -2.28. The number of hydrogen-bond acceptors (Lipinski definition) is 7. The van der Waals surface area contributed by atoms with E-state index < -0.39 is 11.3 Å². The van der Waals surface area contributed by atoms with Gasteiger partial charge in [-0.05, 0) is 36.4 Å². The molecule has 3 rings (SSSR count). The van der Waals surface area contributed by atoms with Crippen molar-refractivity contribution in [3.05, 3.63) is 66.1 Å². The number of quaternary nitrogens is 1. The molecule has 3 aromatic rings. The fourth-order valence-corrected chi connectivity index (χ4v) is 2.43. The Balaban J connectivity index is 1.71. The average molecular weight is 407 g/mol. The lowest BCUT2D eigenvalue weighted by molar-refractivity contribution is -1.03. The van der Waals surface area contributed by atoms with Gasteiger partial charge in [0.1, 0.15) is 24.9 Å².